The van der Waals surface area contributed by atoms with Crippen molar-refractivity contribution in [2.24, 2.45) is 0 Å². The number of para-hydroxylation sites is 1. The van der Waals surface area contributed by atoms with Crippen LogP contribution in [-0.4, -0.2) is 18.1 Å². The zero-order valence-corrected chi connectivity index (χ0v) is 13.2. The maximum atomic E-state index is 13.3. The topological polar surface area (TPSA) is 64.4 Å². The van der Waals surface area contributed by atoms with Gasteiger partial charge in [0.15, 0.2) is 0 Å². The second-order valence-electron chi connectivity index (χ2n) is 5.94. The van der Waals surface area contributed by atoms with E-state index in [4.69, 9.17) is 4.74 Å². The van der Waals surface area contributed by atoms with Gasteiger partial charge in [-0.3, -0.25) is 10.1 Å². The molecule has 6 heteroatoms. The summed E-state index contributed by atoms with van der Waals surface area (Å²) in [5.41, 5.74) is 1.35. The van der Waals surface area contributed by atoms with Crippen LogP contribution in [0.3, 0.4) is 0 Å². The lowest BCUT2D eigenvalue weighted by molar-refractivity contribution is -0.385. The molecule has 0 aromatic heterocycles. The molecule has 1 saturated heterocycles. The monoisotopic (exact) mass is 330 g/mol. The number of nitrogens with zero attached hydrogens (tertiary/aromatic N) is 1. The molecule has 3 rings (SSSR count). The van der Waals surface area contributed by atoms with Crippen molar-refractivity contribution in [1.82, 2.24) is 5.32 Å². The second kappa shape index (κ2) is 7.07. The van der Waals surface area contributed by atoms with E-state index < -0.39 is 0 Å². The summed E-state index contributed by atoms with van der Waals surface area (Å²) in [7, 11) is 0. The first kappa shape index (κ1) is 16.5. The molecule has 0 amide bonds. The Morgan fingerprint density at radius 2 is 1.79 bits per heavy atom. The number of nitro groups is 1. The molecule has 126 valence electrons. The van der Waals surface area contributed by atoms with Crippen molar-refractivity contribution in [3.05, 3.63) is 75.6 Å². The van der Waals surface area contributed by atoms with Crippen molar-refractivity contribution >= 4 is 5.69 Å². The van der Waals surface area contributed by atoms with Gasteiger partial charge in [-0.15, -0.1) is 0 Å². The standard InChI is InChI=1S/C18H19FN2O3/c19-16-7-5-15(6-8-16)18(9-11-24-12-10-18)20-13-14-3-1-2-4-17(14)21(22)23/h1-8,20H,9-13H2. The highest BCUT2D eigenvalue weighted by Gasteiger charge is 2.34. The van der Waals surface area contributed by atoms with E-state index >= 15 is 0 Å². The van der Waals surface area contributed by atoms with E-state index in [-0.39, 0.29) is 22.0 Å². The van der Waals surface area contributed by atoms with E-state index in [0.29, 0.717) is 25.3 Å². The Bertz CT molecular complexity index is 712. The fourth-order valence-electron chi connectivity index (χ4n) is 3.16. The highest BCUT2D eigenvalue weighted by Crippen LogP contribution is 2.33. The van der Waals surface area contributed by atoms with Crippen LogP contribution in [0, 0.1) is 15.9 Å². The summed E-state index contributed by atoms with van der Waals surface area (Å²) in [6.07, 6.45) is 1.47. The summed E-state index contributed by atoms with van der Waals surface area (Å²) in [5, 5.41) is 14.7. The first-order chi connectivity index (χ1) is 11.6. The third kappa shape index (κ3) is 3.44. The van der Waals surface area contributed by atoms with Gasteiger partial charge < -0.3 is 10.1 Å². The van der Waals surface area contributed by atoms with Gasteiger partial charge in [-0.05, 0) is 30.5 Å². The Balaban J connectivity index is 1.86. The van der Waals surface area contributed by atoms with Crippen LogP contribution in [0.4, 0.5) is 10.1 Å². The highest BCUT2D eigenvalue weighted by atomic mass is 19.1. The zero-order chi connectivity index (χ0) is 17.0. The van der Waals surface area contributed by atoms with Crippen molar-refractivity contribution in [1.29, 1.82) is 0 Å². The molecule has 0 atom stereocenters. The molecule has 0 radical (unpaired) electrons. The lowest BCUT2D eigenvalue weighted by Gasteiger charge is -2.39. The summed E-state index contributed by atoms with van der Waals surface area (Å²) in [6, 6.07) is 13.1. The van der Waals surface area contributed by atoms with Crippen LogP contribution in [-0.2, 0) is 16.8 Å². The number of halogens is 1. The van der Waals surface area contributed by atoms with Gasteiger partial charge in [0.05, 0.1) is 4.92 Å². The molecular weight excluding hydrogens is 311 g/mol. The Labute approximate surface area is 139 Å². The third-order valence-electron chi connectivity index (χ3n) is 4.55. The van der Waals surface area contributed by atoms with E-state index in [0.717, 1.165) is 18.4 Å². The number of benzene rings is 2. The van der Waals surface area contributed by atoms with Crippen molar-refractivity contribution < 1.29 is 14.1 Å². The van der Waals surface area contributed by atoms with Gasteiger partial charge in [0.2, 0.25) is 0 Å². The smallest absolute Gasteiger partial charge is 0.273 e. The van der Waals surface area contributed by atoms with Gasteiger partial charge >= 0.3 is 0 Å². The molecule has 0 unspecified atom stereocenters. The van der Waals surface area contributed by atoms with E-state index in [1.54, 1.807) is 30.3 Å². The van der Waals surface area contributed by atoms with Gasteiger partial charge in [-0.1, -0.05) is 30.3 Å². The minimum absolute atomic E-state index is 0.103. The quantitative estimate of drug-likeness (QED) is 0.673. The molecule has 24 heavy (non-hydrogen) atoms. The Morgan fingerprint density at radius 1 is 1.12 bits per heavy atom. The molecule has 1 aliphatic rings. The van der Waals surface area contributed by atoms with Crippen LogP contribution in [0.2, 0.25) is 0 Å². The average Bonchev–Trinajstić information content (AvgIpc) is 2.61. The number of hydrogen-bond acceptors (Lipinski definition) is 4. The average molecular weight is 330 g/mol. The number of hydrogen-bond donors (Lipinski definition) is 1. The van der Waals surface area contributed by atoms with Crippen molar-refractivity contribution in [3.63, 3.8) is 0 Å². The normalized spacial score (nSPS) is 16.7. The van der Waals surface area contributed by atoms with Gasteiger partial charge in [0.1, 0.15) is 5.82 Å². The fraction of sp³-hybridized carbons (Fsp3) is 0.333. The molecule has 0 aliphatic carbocycles. The lowest BCUT2D eigenvalue weighted by atomic mass is 9.82. The number of nitrogens with one attached hydrogen (secondary N) is 1. The van der Waals surface area contributed by atoms with Gasteiger partial charge in [-0.2, -0.15) is 0 Å². The van der Waals surface area contributed by atoms with Crippen LogP contribution in [0.1, 0.15) is 24.0 Å². The van der Waals surface area contributed by atoms with E-state index in [2.05, 4.69) is 5.32 Å². The lowest BCUT2D eigenvalue weighted by Crippen LogP contribution is -2.46. The molecule has 0 spiro atoms. The van der Waals surface area contributed by atoms with Crippen molar-refractivity contribution in [2.75, 3.05) is 13.2 Å². The maximum absolute atomic E-state index is 13.3. The predicted octanol–water partition coefficient (Wildman–Crippen LogP) is 3.53. The largest absolute Gasteiger partial charge is 0.381 e. The highest BCUT2D eigenvalue weighted by molar-refractivity contribution is 5.40. The minimum Gasteiger partial charge on any atom is -0.381 e. The Kier molecular flexibility index (Phi) is 4.87. The van der Waals surface area contributed by atoms with Gasteiger partial charge in [0, 0.05) is 36.9 Å². The van der Waals surface area contributed by atoms with Gasteiger partial charge in [-0.25, -0.2) is 4.39 Å². The molecule has 1 N–H and O–H groups in total. The molecular formula is C18H19FN2O3. The molecule has 0 saturated carbocycles. The number of ether oxygens (including phenoxy) is 1. The zero-order valence-electron chi connectivity index (χ0n) is 13.2. The fourth-order valence-corrected chi connectivity index (χ4v) is 3.16. The Morgan fingerprint density at radius 3 is 2.46 bits per heavy atom. The van der Waals surface area contributed by atoms with Crippen molar-refractivity contribution in [3.8, 4) is 0 Å². The molecule has 2 aromatic rings. The van der Waals surface area contributed by atoms with E-state index in [1.807, 2.05) is 0 Å². The number of nitro benzene ring substituents is 1. The molecule has 0 bridgehead atoms. The van der Waals surface area contributed by atoms with E-state index in [9.17, 15) is 14.5 Å². The second-order valence-corrected chi connectivity index (χ2v) is 5.94. The molecule has 2 aromatic carbocycles. The summed E-state index contributed by atoms with van der Waals surface area (Å²) in [5.74, 6) is -0.278. The summed E-state index contributed by atoms with van der Waals surface area (Å²) in [6.45, 7) is 1.57. The summed E-state index contributed by atoms with van der Waals surface area (Å²) in [4.78, 5) is 10.8. The maximum Gasteiger partial charge on any atom is 0.273 e. The SMILES string of the molecule is O=[N+]([O-])c1ccccc1CNC1(c2ccc(F)cc2)CCOCC1. The molecule has 1 heterocycles. The van der Waals surface area contributed by atoms with Crippen LogP contribution < -0.4 is 5.32 Å². The van der Waals surface area contributed by atoms with Crippen LogP contribution in [0.5, 0.6) is 0 Å². The van der Waals surface area contributed by atoms with E-state index in [1.165, 1.54) is 18.2 Å². The third-order valence-corrected chi connectivity index (χ3v) is 4.55. The number of rotatable bonds is 5. The van der Waals surface area contributed by atoms with Crippen LogP contribution in [0.25, 0.3) is 0 Å². The molecule has 1 aliphatic heterocycles. The van der Waals surface area contributed by atoms with Crippen molar-refractivity contribution in [2.45, 2.75) is 24.9 Å². The predicted molar refractivity (Wildman–Crippen MR) is 88.1 cm³/mol. The van der Waals surface area contributed by atoms with Crippen LogP contribution >= 0.6 is 0 Å². The molecule has 1 fully saturated rings. The van der Waals surface area contributed by atoms with Gasteiger partial charge in [0.25, 0.3) is 5.69 Å². The minimum atomic E-state index is -0.369. The van der Waals surface area contributed by atoms with Crippen LogP contribution in [0.15, 0.2) is 48.5 Å². The first-order valence-corrected chi connectivity index (χ1v) is 7.92. The first-order valence-electron chi connectivity index (χ1n) is 7.92. The summed E-state index contributed by atoms with van der Waals surface area (Å²) >= 11 is 0. The molecule has 5 nitrogen and oxygen atoms in total. The summed E-state index contributed by atoms with van der Waals surface area (Å²) < 4.78 is 18.7. The Hall–Kier alpha value is -2.31.